The standard InChI is InChI=1S/C18H20F3N3O2/c1-10-7-12(11(2)24(10)4)15(25)8-23(3)9-16(26)22-14-6-5-13(19)17(20)18(14)21/h5-7H,8-9H2,1-4H3,(H,22,26)/p+1. The quantitative estimate of drug-likeness (QED) is 0.598. The lowest BCUT2D eigenvalue weighted by molar-refractivity contribution is -0.861. The molecule has 1 aromatic heterocycles. The van der Waals surface area contributed by atoms with Gasteiger partial charge in [0.1, 0.15) is 6.54 Å². The summed E-state index contributed by atoms with van der Waals surface area (Å²) in [4.78, 5) is 25.0. The fraction of sp³-hybridized carbons (Fsp3) is 0.333. The van der Waals surface area contributed by atoms with Crippen LogP contribution in [0.25, 0.3) is 0 Å². The number of carbonyl (C=O) groups is 2. The normalized spacial score (nSPS) is 12.1. The van der Waals surface area contributed by atoms with Crippen LogP contribution in [0.1, 0.15) is 21.7 Å². The molecule has 5 nitrogen and oxygen atoms in total. The monoisotopic (exact) mass is 368 g/mol. The molecule has 2 N–H and O–H groups in total. The first-order valence-corrected chi connectivity index (χ1v) is 8.02. The van der Waals surface area contributed by atoms with E-state index in [-0.39, 0.29) is 18.9 Å². The van der Waals surface area contributed by atoms with Gasteiger partial charge in [-0.05, 0) is 32.0 Å². The second kappa shape index (κ2) is 7.74. The number of rotatable bonds is 6. The predicted molar refractivity (Wildman–Crippen MR) is 90.8 cm³/mol. The van der Waals surface area contributed by atoms with E-state index in [1.807, 2.05) is 25.5 Å². The summed E-state index contributed by atoms with van der Waals surface area (Å²) in [6, 6.07) is 3.47. The summed E-state index contributed by atoms with van der Waals surface area (Å²) in [5, 5.41) is 2.19. The SMILES string of the molecule is Cc1cc(C(=O)C[NH+](C)CC(=O)Nc2ccc(F)c(F)c2F)c(C)n1C. The van der Waals surface area contributed by atoms with Crippen LogP contribution in [0.15, 0.2) is 18.2 Å². The molecule has 0 aliphatic carbocycles. The highest BCUT2D eigenvalue weighted by Gasteiger charge is 2.21. The topological polar surface area (TPSA) is 55.5 Å². The number of anilines is 1. The summed E-state index contributed by atoms with van der Waals surface area (Å²) in [6.07, 6.45) is 0. The number of hydrogen-bond donors (Lipinski definition) is 2. The van der Waals surface area contributed by atoms with Gasteiger partial charge in [-0.2, -0.15) is 0 Å². The van der Waals surface area contributed by atoms with Crippen LogP contribution in [0, 0.1) is 31.3 Å². The molecule has 8 heteroatoms. The highest BCUT2D eigenvalue weighted by atomic mass is 19.2. The van der Waals surface area contributed by atoms with Gasteiger partial charge in [-0.3, -0.25) is 9.59 Å². The number of likely N-dealkylation sites (N-methyl/N-ethyl adjacent to an activating group) is 1. The van der Waals surface area contributed by atoms with Crippen molar-refractivity contribution in [1.29, 1.82) is 0 Å². The first-order valence-electron chi connectivity index (χ1n) is 8.02. The van der Waals surface area contributed by atoms with E-state index in [9.17, 15) is 22.8 Å². The minimum absolute atomic E-state index is 0.0674. The second-order valence-corrected chi connectivity index (χ2v) is 6.35. The van der Waals surface area contributed by atoms with Crippen molar-refractivity contribution < 1.29 is 27.7 Å². The van der Waals surface area contributed by atoms with Crippen LogP contribution >= 0.6 is 0 Å². The average molecular weight is 368 g/mol. The minimum Gasteiger partial charge on any atom is -0.351 e. The van der Waals surface area contributed by atoms with E-state index >= 15 is 0 Å². The number of nitrogens with zero attached hydrogens (tertiary/aromatic N) is 1. The van der Waals surface area contributed by atoms with Crippen LogP contribution in [0.5, 0.6) is 0 Å². The molecule has 1 unspecified atom stereocenters. The lowest BCUT2D eigenvalue weighted by atomic mass is 10.1. The van der Waals surface area contributed by atoms with Gasteiger partial charge >= 0.3 is 0 Å². The Balaban J connectivity index is 1.98. The molecule has 0 saturated carbocycles. The van der Waals surface area contributed by atoms with Gasteiger partial charge in [-0.25, -0.2) is 13.2 Å². The molecule has 0 saturated heterocycles. The zero-order valence-electron chi connectivity index (χ0n) is 15.0. The van der Waals surface area contributed by atoms with Gasteiger partial charge < -0.3 is 14.8 Å². The highest BCUT2D eigenvalue weighted by Crippen LogP contribution is 2.19. The number of aryl methyl sites for hydroxylation is 1. The van der Waals surface area contributed by atoms with Crippen molar-refractivity contribution in [2.24, 2.45) is 7.05 Å². The first-order chi connectivity index (χ1) is 12.1. The number of amides is 1. The molecule has 1 atom stereocenters. The number of nitrogens with one attached hydrogen (secondary N) is 2. The molecule has 1 amide bonds. The molecule has 0 aliphatic rings. The molecule has 0 fully saturated rings. The van der Waals surface area contributed by atoms with Gasteiger partial charge in [-0.15, -0.1) is 0 Å². The van der Waals surface area contributed by atoms with E-state index in [0.29, 0.717) is 10.5 Å². The third kappa shape index (κ3) is 4.13. The van der Waals surface area contributed by atoms with Crippen molar-refractivity contribution in [2.45, 2.75) is 13.8 Å². The maximum atomic E-state index is 13.6. The second-order valence-electron chi connectivity index (χ2n) is 6.35. The first kappa shape index (κ1) is 19.7. The highest BCUT2D eigenvalue weighted by molar-refractivity contribution is 5.98. The molecule has 0 bridgehead atoms. The Hall–Kier alpha value is -2.61. The van der Waals surface area contributed by atoms with Crippen molar-refractivity contribution in [2.75, 3.05) is 25.5 Å². The van der Waals surface area contributed by atoms with E-state index in [4.69, 9.17) is 0 Å². The van der Waals surface area contributed by atoms with E-state index < -0.39 is 29.0 Å². The maximum absolute atomic E-state index is 13.6. The van der Waals surface area contributed by atoms with Crippen molar-refractivity contribution in [1.82, 2.24) is 4.57 Å². The van der Waals surface area contributed by atoms with E-state index in [1.165, 1.54) is 0 Å². The van der Waals surface area contributed by atoms with Crippen LogP contribution in [0.4, 0.5) is 18.9 Å². The Morgan fingerprint density at radius 1 is 1.12 bits per heavy atom. The zero-order chi connectivity index (χ0) is 19.6. The summed E-state index contributed by atoms with van der Waals surface area (Å²) in [5.41, 5.74) is 1.95. The number of hydrogen-bond acceptors (Lipinski definition) is 2. The molecule has 0 radical (unpaired) electrons. The van der Waals surface area contributed by atoms with Crippen LogP contribution in [0.2, 0.25) is 0 Å². The third-order valence-corrected chi connectivity index (χ3v) is 4.31. The molecule has 0 spiro atoms. The Bertz CT molecular complexity index is 862. The fourth-order valence-corrected chi connectivity index (χ4v) is 2.66. The zero-order valence-corrected chi connectivity index (χ0v) is 15.0. The number of ketones is 1. The van der Waals surface area contributed by atoms with Crippen LogP contribution in [0.3, 0.4) is 0 Å². The summed E-state index contributed by atoms with van der Waals surface area (Å²) >= 11 is 0. The summed E-state index contributed by atoms with van der Waals surface area (Å²) in [5.74, 6) is -5.16. The van der Waals surface area contributed by atoms with Crippen LogP contribution in [-0.4, -0.2) is 36.4 Å². The number of benzene rings is 1. The molecular formula is C18H21F3N3O2+. The number of quaternary nitrogens is 1. The Morgan fingerprint density at radius 2 is 1.77 bits per heavy atom. The number of aromatic nitrogens is 1. The average Bonchev–Trinajstić information content (AvgIpc) is 2.82. The number of halogens is 3. The number of Topliss-reactive ketones (excluding diaryl/α,β-unsaturated/α-hetero) is 1. The third-order valence-electron chi connectivity index (χ3n) is 4.31. The van der Waals surface area contributed by atoms with E-state index in [1.54, 1.807) is 13.1 Å². The van der Waals surface area contributed by atoms with Gasteiger partial charge in [0, 0.05) is 24.0 Å². The molecule has 1 heterocycles. The van der Waals surface area contributed by atoms with E-state index in [0.717, 1.165) is 23.5 Å². The van der Waals surface area contributed by atoms with Crippen molar-refractivity contribution >= 4 is 17.4 Å². The smallest absolute Gasteiger partial charge is 0.279 e. The van der Waals surface area contributed by atoms with E-state index in [2.05, 4.69) is 5.32 Å². The molecular weight excluding hydrogens is 347 g/mol. The van der Waals surface area contributed by atoms with Gasteiger partial charge in [0.2, 0.25) is 5.78 Å². The summed E-state index contributed by atoms with van der Waals surface area (Å²) in [6.45, 7) is 3.67. The maximum Gasteiger partial charge on any atom is 0.279 e. The molecule has 2 rings (SSSR count). The largest absolute Gasteiger partial charge is 0.351 e. The lowest BCUT2D eigenvalue weighted by Crippen LogP contribution is -3.11. The van der Waals surface area contributed by atoms with Gasteiger partial charge in [0.05, 0.1) is 12.7 Å². The fourth-order valence-electron chi connectivity index (χ4n) is 2.66. The number of carbonyl (C=O) groups excluding carboxylic acids is 2. The predicted octanol–water partition coefficient (Wildman–Crippen LogP) is 1.40. The van der Waals surface area contributed by atoms with Gasteiger partial charge in [-0.1, -0.05) is 0 Å². The minimum atomic E-state index is -1.64. The van der Waals surface area contributed by atoms with Crippen LogP contribution < -0.4 is 10.2 Å². The summed E-state index contributed by atoms with van der Waals surface area (Å²) < 4.78 is 41.6. The van der Waals surface area contributed by atoms with Crippen molar-refractivity contribution in [3.8, 4) is 0 Å². The Kier molecular flexibility index (Phi) is 5.86. The molecule has 0 aliphatic heterocycles. The summed E-state index contributed by atoms with van der Waals surface area (Å²) in [7, 11) is 3.51. The molecule has 26 heavy (non-hydrogen) atoms. The van der Waals surface area contributed by atoms with Gasteiger partial charge in [0.15, 0.2) is 24.0 Å². The van der Waals surface area contributed by atoms with Crippen molar-refractivity contribution in [3.63, 3.8) is 0 Å². The Labute approximate surface area is 149 Å². The van der Waals surface area contributed by atoms with Crippen molar-refractivity contribution in [3.05, 3.63) is 52.6 Å². The molecule has 2 aromatic rings. The lowest BCUT2D eigenvalue weighted by Gasteiger charge is -2.13. The van der Waals surface area contributed by atoms with Crippen LogP contribution in [-0.2, 0) is 11.8 Å². The Morgan fingerprint density at radius 3 is 2.35 bits per heavy atom. The molecule has 1 aromatic carbocycles. The molecule has 140 valence electrons. The van der Waals surface area contributed by atoms with Gasteiger partial charge in [0.25, 0.3) is 5.91 Å².